The van der Waals surface area contributed by atoms with Gasteiger partial charge < -0.3 is 15.0 Å². The van der Waals surface area contributed by atoms with E-state index in [-0.39, 0.29) is 7.33 Å². The van der Waals surface area contributed by atoms with Gasteiger partial charge in [-0.2, -0.15) is 0 Å². The van der Waals surface area contributed by atoms with Crippen molar-refractivity contribution in [1.29, 1.82) is 0 Å². The van der Waals surface area contributed by atoms with Crippen LogP contribution in [-0.2, 0) is 17.6 Å². The third-order valence-electron chi connectivity index (χ3n) is 5.94. The van der Waals surface area contributed by atoms with Gasteiger partial charge in [0, 0.05) is 33.0 Å². The molecular formula is C22H28N4O2. The number of amides is 1. The molecular weight excluding hydrogens is 352 g/mol. The molecule has 1 atom stereocenters. The number of nitrogens with zero attached hydrogens (tertiary/aromatic N) is 3. The number of nitrogens with one attached hydrogen (secondary N) is 1. The van der Waals surface area contributed by atoms with Crippen molar-refractivity contribution in [1.82, 2.24) is 14.9 Å². The first-order valence-electron chi connectivity index (χ1n) is 10.3. The number of fused-ring (bicyclic) bond motifs is 1. The van der Waals surface area contributed by atoms with Gasteiger partial charge in [0.2, 0.25) is 5.95 Å². The second-order valence-corrected chi connectivity index (χ2v) is 8.16. The maximum Gasteiger partial charge on any atom is 0.258 e. The Hall–Kier alpha value is -2.47. The van der Waals surface area contributed by atoms with Crippen LogP contribution in [0.15, 0.2) is 30.6 Å². The molecule has 2 fully saturated rings. The summed E-state index contributed by atoms with van der Waals surface area (Å²) in [5.74, 6) is 1.32. The van der Waals surface area contributed by atoms with Gasteiger partial charge in [-0.1, -0.05) is 18.2 Å². The molecule has 0 radical (unpaired) electrons. The highest BCUT2D eigenvalue weighted by molar-refractivity contribution is 5.93. The highest BCUT2D eigenvalue weighted by atomic mass is 16.5. The van der Waals surface area contributed by atoms with Gasteiger partial charge in [-0.15, -0.1) is 0 Å². The average Bonchev–Trinajstić information content (AvgIpc) is 3.52. The van der Waals surface area contributed by atoms with E-state index in [0.717, 1.165) is 44.8 Å². The summed E-state index contributed by atoms with van der Waals surface area (Å²) in [6.07, 6.45) is 9.88. The highest BCUT2D eigenvalue weighted by Crippen LogP contribution is 2.41. The Morgan fingerprint density at radius 1 is 1.14 bits per heavy atom. The molecule has 28 heavy (non-hydrogen) atoms. The summed E-state index contributed by atoms with van der Waals surface area (Å²) < 4.78 is 5.47. The van der Waals surface area contributed by atoms with Crippen LogP contribution in [0.4, 0.5) is 5.95 Å². The molecule has 2 aliphatic carbocycles. The topological polar surface area (TPSA) is 67.4 Å². The van der Waals surface area contributed by atoms with Crippen molar-refractivity contribution in [3.05, 3.63) is 52.8 Å². The van der Waals surface area contributed by atoms with E-state index >= 15 is 0 Å². The van der Waals surface area contributed by atoms with Gasteiger partial charge in [0.05, 0.1) is 5.56 Å². The molecule has 6 heteroatoms. The molecule has 3 aliphatic rings. The summed E-state index contributed by atoms with van der Waals surface area (Å²) in [4.78, 5) is 23.1. The Labute approximate surface area is 166 Å². The van der Waals surface area contributed by atoms with Crippen LogP contribution in [0.1, 0.15) is 60.1 Å². The van der Waals surface area contributed by atoms with E-state index in [1.165, 1.54) is 29.5 Å². The molecule has 148 valence electrons. The van der Waals surface area contributed by atoms with E-state index in [1.54, 1.807) is 17.3 Å². The SMILES string of the molecule is O=C(c1cnc(NC2Cc3ccc(C4CC4)cc3C2)nc1)N1CCCCOC1.[HH]. The summed E-state index contributed by atoms with van der Waals surface area (Å²) in [7, 11) is 0. The van der Waals surface area contributed by atoms with Gasteiger partial charge in [-0.05, 0) is 61.1 Å². The van der Waals surface area contributed by atoms with Crippen molar-refractivity contribution >= 4 is 11.9 Å². The number of carbonyl (C=O) groups is 1. The predicted octanol–water partition coefficient (Wildman–Crippen LogP) is 3.39. The summed E-state index contributed by atoms with van der Waals surface area (Å²) in [6.45, 7) is 1.79. The van der Waals surface area contributed by atoms with Crippen molar-refractivity contribution < 1.29 is 11.0 Å². The molecule has 2 aromatic rings. The molecule has 1 unspecified atom stereocenters. The fourth-order valence-corrected chi connectivity index (χ4v) is 4.20. The number of rotatable bonds is 4. The van der Waals surface area contributed by atoms with Gasteiger partial charge >= 0.3 is 0 Å². The molecule has 6 nitrogen and oxygen atoms in total. The summed E-state index contributed by atoms with van der Waals surface area (Å²) in [6, 6.07) is 7.28. The molecule has 1 saturated carbocycles. The smallest absolute Gasteiger partial charge is 0.258 e. The van der Waals surface area contributed by atoms with Crippen molar-refractivity contribution in [2.45, 2.75) is 50.5 Å². The fraction of sp³-hybridized carbons (Fsp3) is 0.500. The largest absolute Gasteiger partial charge is 0.361 e. The Morgan fingerprint density at radius 2 is 1.96 bits per heavy atom. The summed E-state index contributed by atoms with van der Waals surface area (Å²) >= 11 is 0. The van der Waals surface area contributed by atoms with Crippen LogP contribution in [0.2, 0.25) is 0 Å². The van der Waals surface area contributed by atoms with E-state index in [2.05, 4.69) is 33.5 Å². The third kappa shape index (κ3) is 3.74. The van der Waals surface area contributed by atoms with Gasteiger partial charge in [0.15, 0.2) is 0 Å². The van der Waals surface area contributed by atoms with Crippen molar-refractivity contribution in [2.24, 2.45) is 0 Å². The first kappa shape index (κ1) is 17.6. The fourth-order valence-electron chi connectivity index (χ4n) is 4.20. The zero-order chi connectivity index (χ0) is 18.9. The maximum atomic E-state index is 12.6. The average molecular weight is 380 g/mol. The van der Waals surface area contributed by atoms with Crippen LogP contribution in [0.25, 0.3) is 0 Å². The van der Waals surface area contributed by atoms with Crippen molar-refractivity contribution in [3.8, 4) is 0 Å². The summed E-state index contributed by atoms with van der Waals surface area (Å²) in [5.41, 5.74) is 4.89. The molecule has 1 N–H and O–H groups in total. The zero-order valence-electron chi connectivity index (χ0n) is 16.1. The normalized spacial score (nSPS) is 21.9. The Morgan fingerprint density at radius 3 is 2.79 bits per heavy atom. The molecule has 2 heterocycles. The van der Waals surface area contributed by atoms with Crippen molar-refractivity contribution in [2.75, 3.05) is 25.2 Å². The van der Waals surface area contributed by atoms with Gasteiger partial charge in [0.25, 0.3) is 5.91 Å². The Bertz CT molecular complexity index is 862. The number of hydrogen-bond acceptors (Lipinski definition) is 5. The van der Waals surface area contributed by atoms with E-state index in [0.29, 0.717) is 24.3 Å². The number of aromatic nitrogens is 2. The van der Waals surface area contributed by atoms with E-state index in [1.807, 2.05) is 0 Å². The highest BCUT2D eigenvalue weighted by Gasteiger charge is 2.27. The number of carbonyl (C=O) groups excluding carboxylic acids is 1. The van der Waals surface area contributed by atoms with Crippen LogP contribution < -0.4 is 5.32 Å². The molecule has 1 amide bonds. The van der Waals surface area contributed by atoms with Gasteiger partial charge in [-0.25, -0.2) is 9.97 Å². The number of benzene rings is 1. The Balaban J connectivity index is 0.00000205. The minimum absolute atomic E-state index is 0. The third-order valence-corrected chi connectivity index (χ3v) is 5.94. The predicted molar refractivity (Wildman–Crippen MR) is 108 cm³/mol. The Kier molecular flexibility index (Phi) is 4.72. The molecule has 1 aromatic heterocycles. The molecule has 0 spiro atoms. The monoisotopic (exact) mass is 380 g/mol. The first-order valence-corrected chi connectivity index (χ1v) is 10.3. The quantitative estimate of drug-likeness (QED) is 0.881. The molecule has 5 rings (SSSR count). The van der Waals surface area contributed by atoms with E-state index in [9.17, 15) is 4.79 Å². The maximum absolute atomic E-state index is 12.6. The van der Waals surface area contributed by atoms with E-state index < -0.39 is 0 Å². The van der Waals surface area contributed by atoms with Gasteiger partial charge in [-0.3, -0.25) is 4.79 Å². The standard InChI is InChI=1S/C22H26N4O2.H2/c27-21(26-7-1-2-8-28-14-26)19-12-23-22(24-13-19)25-20-10-17-6-5-16(15-3-4-15)9-18(17)11-20;/h5-6,9,12-13,15,20H,1-4,7-8,10-11,14H2,(H,23,24,25);1H. The molecule has 1 aliphatic heterocycles. The molecule has 1 aromatic carbocycles. The van der Waals surface area contributed by atoms with Crippen LogP contribution in [0, 0.1) is 0 Å². The second kappa shape index (κ2) is 7.51. The van der Waals surface area contributed by atoms with Crippen LogP contribution in [0.3, 0.4) is 0 Å². The lowest BCUT2D eigenvalue weighted by atomic mass is 10.0. The lowest BCUT2D eigenvalue weighted by Crippen LogP contribution is -2.33. The number of hydrogen-bond donors (Lipinski definition) is 1. The first-order chi connectivity index (χ1) is 13.8. The second-order valence-electron chi connectivity index (χ2n) is 8.16. The number of ether oxygens (including phenoxy) is 1. The molecule has 0 bridgehead atoms. The molecule has 1 saturated heterocycles. The minimum Gasteiger partial charge on any atom is -0.361 e. The van der Waals surface area contributed by atoms with Crippen LogP contribution in [-0.4, -0.2) is 46.7 Å². The van der Waals surface area contributed by atoms with Crippen LogP contribution >= 0.6 is 0 Å². The van der Waals surface area contributed by atoms with E-state index in [4.69, 9.17) is 4.74 Å². The van der Waals surface area contributed by atoms with Crippen molar-refractivity contribution in [3.63, 3.8) is 0 Å². The van der Waals surface area contributed by atoms with Crippen LogP contribution in [0.5, 0.6) is 0 Å². The lowest BCUT2D eigenvalue weighted by molar-refractivity contribution is 0.0368. The lowest BCUT2D eigenvalue weighted by Gasteiger charge is -2.19. The minimum atomic E-state index is -0.0608. The zero-order valence-corrected chi connectivity index (χ0v) is 16.1. The number of anilines is 1. The van der Waals surface area contributed by atoms with Gasteiger partial charge in [0.1, 0.15) is 6.73 Å². The summed E-state index contributed by atoms with van der Waals surface area (Å²) in [5, 5.41) is 3.44.